The van der Waals surface area contributed by atoms with Gasteiger partial charge >= 0.3 is 0 Å². The van der Waals surface area contributed by atoms with E-state index < -0.39 is 0 Å². The number of carbonyl (C=O) groups is 1. The van der Waals surface area contributed by atoms with Crippen LogP contribution in [0.3, 0.4) is 0 Å². The Labute approximate surface area is 87.7 Å². The molecule has 4 heteroatoms. The summed E-state index contributed by atoms with van der Waals surface area (Å²) in [5.41, 5.74) is 0. The van der Waals surface area contributed by atoms with Crippen LogP contribution in [0.4, 0.5) is 0 Å². The van der Waals surface area contributed by atoms with Crippen molar-refractivity contribution in [1.29, 1.82) is 0 Å². The van der Waals surface area contributed by atoms with Gasteiger partial charge in [-0.3, -0.25) is 4.79 Å². The van der Waals surface area contributed by atoms with E-state index in [1.54, 1.807) is 0 Å². The average molecular weight is 210 g/mol. The van der Waals surface area contributed by atoms with E-state index in [-0.39, 0.29) is 5.91 Å². The molecule has 0 bridgehead atoms. The molecule has 0 radical (unpaired) electrons. The monoisotopic (exact) mass is 210 g/mol. The van der Waals surface area contributed by atoms with Crippen molar-refractivity contribution in [2.45, 2.75) is 6.42 Å². The molecule has 14 heavy (non-hydrogen) atoms. The summed E-state index contributed by atoms with van der Waals surface area (Å²) in [4.78, 5) is 14.7. The lowest BCUT2D eigenvalue weighted by Crippen LogP contribution is -2.33. The van der Waals surface area contributed by atoms with Crippen LogP contribution in [0.1, 0.15) is 16.1 Å². The SMILES string of the molecule is O=C(c1cccs1)N1CCCNCC1. The van der Waals surface area contributed by atoms with E-state index in [9.17, 15) is 4.79 Å². The molecule has 0 spiro atoms. The van der Waals surface area contributed by atoms with Gasteiger partial charge in [-0.2, -0.15) is 0 Å². The number of nitrogens with zero attached hydrogens (tertiary/aromatic N) is 1. The molecule has 1 saturated heterocycles. The summed E-state index contributed by atoms with van der Waals surface area (Å²) in [5.74, 6) is 0.184. The lowest BCUT2D eigenvalue weighted by atomic mass is 10.3. The van der Waals surface area contributed by atoms with E-state index in [0.29, 0.717) is 0 Å². The first-order chi connectivity index (χ1) is 6.88. The lowest BCUT2D eigenvalue weighted by molar-refractivity contribution is 0.0771. The maximum atomic E-state index is 11.9. The fraction of sp³-hybridized carbons (Fsp3) is 0.500. The van der Waals surface area contributed by atoms with Gasteiger partial charge in [0.1, 0.15) is 0 Å². The van der Waals surface area contributed by atoms with Gasteiger partial charge in [0.25, 0.3) is 5.91 Å². The van der Waals surface area contributed by atoms with Crippen molar-refractivity contribution < 1.29 is 4.79 Å². The third kappa shape index (κ3) is 2.13. The highest BCUT2D eigenvalue weighted by atomic mass is 32.1. The van der Waals surface area contributed by atoms with Crippen molar-refractivity contribution in [2.24, 2.45) is 0 Å². The highest BCUT2D eigenvalue weighted by Crippen LogP contribution is 2.12. The fourth-order valence-electron chi connectivity index (χ4n) is 1.60. The first kappa shape index (κ1) is 9.68. The van der Waals surface area contributed by atoms with Crippen LogP contribution in [0.15, 0.2) is 17.5 Å². The van der Waals surface area contributed by atoms with Crippen LogP contribution in [-0.4, -0.2) is 37.0 Å². The van der Waals surface area contributed by atoms with Crippen molar-refractivity contribution in [2.75, 3.05) is 26.2 Å². The van der Waals surface area contributed by atoms with Crippen molar-refractivity contribution in [1.82, 2.24) is 10.2 Å². The van der Waals surface area contributed by atoms with Crippen molar-refractivity contribution in [3.05, 3.63) is 22.4 Å². The average Bonchev–Trinajstić information content (AvgIpc) is 2.59. The van der Waals surface area contributed by atoms with Crippen molar-refractivity contribution in [3.63, 3.8) is 0 Å². The Morgan fingerprint density at radius 1 is 1.43 bits per heavy atom. The highest BCUT2D eigenvalue weighted by molar-refractivity contribution is 7.12. The van der Waals surface area contributed by atoms with Gasteiger partial charge in [-0.15, -0.1) is 11.3 Å². The van der Waals surface area contributed by atoms with Gasteiger partial charge in [0, 0.05) is 19.6 Å². The summed E-state index contributed by atoms with van der Waals surface area (Å²) < 4.78 is 0. The molecule has 1 aromatic heterocycles. The molecule has 0 unspecified atom stereocenters. The number of rotatable bonds is 1. The van der Waals surface area contributed by atoms with Crippen LogP contribution in [0, 0.1) is 0 Å². The van der Waals surface area contributed by atoms with Crippen LogP contribution in [-0.2, 0) is 0 Å². The lowest BCUT2D eigenvalue weighted by Gasteiger charge is -2.18. The predicted octanol–water partition coefficient (Wildman–Crippen LogP) is 1.18. The minimum atomic E-state index is 0.184. The van der Waals surface area contributed by atoms with Crippen LogP contribution in [0.25, 0.3) is 0 Å². The highest BCUT2D eigenvalue weighted by Gasteiger charge is 2.17. The summed E-state index contributed by atoms with van der Waals surface area (Å²) in [7, 11) is 0. The molecule has 1 aromatic rings. The molecule has 1 aliphatic rings. The summed E-state index contributed by atoms with van der Waals surface area (Å²) in [6.45, 7) is 3.64. The third-order valence-corrected chi connectivity index (χ3v) is 3.22. The summed E-state index contributed by atoms with van der Waals surface area (Å²) in [6, 6.07) is 3.82. The second kappa shape index (κ2) is 4.57. The molecule has 0 saturated carbocycles. The van der Waals surface area contributed by atoms with Crippen molar-refractivity contribution in [3.8, 4) is 0 Å². The van der Waals surface area contributed by atoms with E-state index in [0.717, 1.165) is 37.5 Å². The number of carbonyl (C=O) groups excluding carboxylic acids is 1. The molecule has 0 atom stereocenters. The number of thiophene rings is 1. The summed E-state index contributed by atoms with van der Waals surface area (Å²) in [6.07, 6.45) is 1.05. The zero-order valence-electron chi connectivity index (χ0n) is 8.03. The van der Waals surface area contributed by atoms with Crippen LogP contribution >= 0.6 is 11.3 Å². The molecular weight excluding hydrogens is 196 g/mol. The van der Waals surface area contributed by atoms with E-state index in [1.165, 1.54) is 11.3 Å². The van der Waals surface area contributed by atoms with E-state index in [2.05, 4.69) is 5.32 Å². The topological polar surface area (TPSA) is 32.3 Å². The molecule has 1 amide bonds. The van der Waals surface area contributed by atoms with Crippen LogP contribution < -0.4 is 5.32 Å². The van der Waals surface area contributed by atoms with Crippen LogP contribution in [0.5, 0.6) is 0 Å². The Kier molecular flexibility index (Phi) is 3.16. The van der Waals surface area contributed by atoms with Gasteiger partial charge in [0.05, 0.1) is 4.88 Å². The standard InChI is InChI=1S/C10H14N2OS/c13-10(9-3-1-8-14-9)12-6-2-4-11-5-7-12/h1,3,8,11H,2,4-7H2. The van der Waals surface area contributed by atoms with Crippen LogP contribution in [0.2, 0.25) is 0 Å². The molecule has 1 fully saturated rings. The molecule has 76 valence electrons. The Hall–Kier alpha value is -0.870. The molecule has 2 heterocycles. The minimum absolute atomic E-state index is 0.184. The van der Waals surface area contributed by atoms with E-state index >= 15 is 0 Å². The molecule has 1 aliphatic heterocycles. The summed E-state index contributed by atoms with van der Waals surface area (Å²) in [5, 5.41) is 5.23. The second-order valence-corrected chi connectivity index (χ2v) is 4.32. The zero-order valence-corrected chi connectivity index (χ0v) is 8.85. The Morgan fingerprint density at radius 2 is 2.36 bits per heavy atom. The number of nitrogens with one attached hydrogen (secondary N) is 1. The van der Waals surface area contributed by atoms with Gasteiger partial charge in [0.2, 0.25) is 0 Å². The molecule has 3 nitrogen and oxygen atoms in total. The fourth-order valence-corrected chi connectivity index (χ4v) is 2.30. The van der Waals surface area contributed by atoms with E-state index in [4.69, 9.17) is 0 Å². The molecular formula is C10H14N2OS. The predicted molar refractivity (Wildman–Crippen MR) is 57.7 cm³/mol. The smallest absolute Gasteiger partial charge is 0.263 e. The van der Waals surface area contributed by atoms with Gasteiger partial charge < -0.3 is 10.2 Å². The maximum absolute atomic E-state index is 11.9. The summed E-state index contributed by atoms with van der Waals surface area (Å²) >= 11 is 1.52. The quantitative estimate of drug-likeness (QED) is 0.755. The normalized spacial score (nSPS) is 17.9. The first-order valence-corrected chi connectivity index (χ1v) is 5.79. The molecule has 2 rings (SSSR count). The van der Waals surface area contributed by atoms with Gasteiger partial charge in [-0.1, -0.05) is 6.07 Å². The van der Waals surface area contributed by atoms with Gasteiger partial charge in [-0.25, -0.2) is 0 Å². The van der Waals surface area contributed by atoms with E-state index in [1.807, 2.05) is 22.4 Å². The Balaban J connectivity index is 2.03. The largest absolute Gasteiger partial charge is 0.337 e. The molecule has 0 aromatic carbocycles. The Bertz CT molecular complexity index is 289. The first-order valence-electron chi connectivity index (χ1n) is 4.91. The van der Waals surface area contributed by atoms with Gasteiger partial charge in [0.15, 0.2) is 0 Å². The third-order valence-electron chi connectivity index (χ3n) is 2.36. The molecule has 0 aliphatic carbocycles. The zero-order chi connectivity index (χ0) is 9.80. The maximum Gasteiger partial charge on any atom is 0.263 e. The molecule has 1 N–H and O–H groups in total. The number of hydrogen-bond acceptors (Lipinski definition) is 3. The number of hydrogen-bond donors (Lipinski definition) is 1. The second-order valence-electron chi connectivity index (χ2n) is 3.37. The Morgan fingerprint density at radius 3 is 3.14 bits per heavy atom. The minimum Gasteiger partial charge on any atom is -0.337 e. The van der Waals surface area contributed by atoms with Crippen molar-refractivity contribution >= 4 is 17.2 Å². The van der Waals surface area contributed by atoms with Gasteiger partial charge in [-0.05, 0) is 24.4 Å². The number of amides is 1.